The highest BCUT2D eigenvalue weighted by atomic mass is 35.5. The molecule has 4 atom stereocenters. The van der Waals surface area contributed by atoms with Crippen molar-refractivity contribution in [2.24, 2.45) is 5.41 Å². The molecule has 7 heteroatoms. The van der Waals surface area contributed by atoms with Gasteiger partial charge in [-0.25, -0.2) is 0 Å². The van der Waals surface area contributed by atoms with Crippen LogP contribution in [0, 0.1) is 5.41 Å². The zero-order valence-corrected chi connectivity index (χ0v) is 30.2. The molecule has 1 aromatic heterocycles. The fraction of sp³-hybridized carbons (Fsp3) is 0.452. The van der Waals surface area contributed by atoms with Crippen molar-refractivity contribution in [1.82, 2.24) is 4.90 Å². The van der Waals surface area contributed by atoms with Crippen molar-refractivity contribution in [2.45, 2.75) is 94.9 Å². The van der Waals surface area contributed by atoms with Crippen LogP contribution in [0.5, 0.6) is 0 Å². The van der Waals surface area contributed by atoms with Gasteiger partial charge in [-0.1, -0.05) is 72.6 Å². The molecule has 2 bridgehead atoms. The predicted octanol–water partition coefficient (Wildman–Crippen LogP) is 8.81. The van der Waals surface area contributed by atoms with E-state index in [2.05, 4.69) is 49.1 Å². The van der Waals surface area contributed by atoms with E-state index in [9.17, 15) is 20.1 Å². The van der Waals surface area contributed by atoms with E-state index in [4.69, 9.17) is 11.6 Å². The molecule has 3 N–H and O–H groups in total. The number of β-amino-alcohol motifs (C(OH)–C–C–N with tert-alkyl or cyclic N) is 1. The van der Waals surface area contributed by atoms with Crippen LogP contribution in [0.1, 0.15) is 103 Å². The van der Waals surface area contributed by atoms with Crippen LogP contribution in [0.15, 0.2) is 84.4 Å². The molecule has 1 saturated heterocycles. The SMILES string of the molecule is CC1=CCC[C@@]2(C)[C@@H](CC[C@@]2(O)CN2CCC(O)(c3ccc(Cl)cc3)CC2)c2ccc(cc2C(=O)c2cc3ccccc3s2)C[C@@H](O)CC1. The standard InChI is InChI=1S/C42H48ClNO4S/c1-28-6-5-18-40(2)36(17-19-42(40,48)27-44-22-20-41(47,21-23-44)31-11-13-32(43)14-12-31)34-16-10-29(24-33(45)15-9-28)25-35(34)39(46)38-26-30-7-3-4-8-37(30)49-38/h3-4,6-8,10-14,16,25-26,33,36,45,47-48H,5,9,15,17-24,27H2,1-2H3/t33-,36-,40-,42+/m0/s1. The van der Waals surface area contributed by atoms with Gasteiger partial charge in [-0.15, -0.1) is 11.3 Å². The lowest BCUT2D eigenvalue weighted by atomic mass is 9.64. The Morgan fingerprint density at radius 2 is 1.71 bits per heavy atom. The first kappa shape index (κ1) is 34.6. The maximum absolute atomic E-state index is 14.5. The van der Waals surface area contributed by atoms with E-state index in [1.165, 1.54) is 16.9 Å². The number of rotatable bonds is 5. The number of likely N-dealkylation sites (tertiary alicyclic amines) is 1. The summed E-state index contributed by atoms with van der Waals surface area (Å²) in [5.41, 5.74) is 2.46. The van der Waals surface area contributed by atoms with E-state index in [0.717, 1.165) is 57.3 Å². The number of aliphatic hydroxyl groups is 3. The highest BCUT2D eigenvalue weighted by Gasteiger charge is 2.57. The minimum atomic E-state index is -0.973. The lowest BCUT2D eigenvalue weighted by Crippen LogP contribution is -2.55. The fourth-order valence-corrected chi connectivity index (χ4v) is 10.1. The number of carbonyl (C=O) groups is 1. The lowest BCUT2D eigenvalue weighted by Gasteiger charge is -2.48. The molecule has 0 radical (unpaired) electrons. The van der Waals surface area contributed by atoms with Crippen molar-refractivity contribution in [3.05, 3.63) is 117 Å². The van der Waals surface area contributed by atoms with E-state index in [-0.39, 0.29) is 11.7 Å². The largest absolute Gasteiger partial charge is 0.393 e. The third kappa shape index (κ3) is 6.81. The molecular weight excluding hydrogens is 650 g/mol. The molecular formula is C42H48ClNO4S. The summed E-state index contributed by atoms with van der Waals surface area (Å²) in [6, 6.07) is 23.9. The van der Waals surface area contributed by atoms with E-state index < -0.39 is 22.7 Å². The van der Waals surface area contributed by atoms with Crippen molar-refractivity contribution >= 4 is 38.8 Å². The maximum Gasteiger partial charge on any atom is 0.203 e. The first-order valence-electron chi connectivity index (χ1n) is 17.9. The monoisotopic (exact) mass is 697 g/mol. The summed E-state index contributed by atoms with van der Waals surface area (Å²) in [5.74, 6) is 0.00270. The van der Waals surface area contributed by atoms with Crippen LogP contribution in [0.3, 0.4) is 0 Å². The number of carbonyl (C=O) groups excluding carboxylic acids is 1. The molecule has 8 rings (SSSR count). The summed E-state index contributed by atoms with van der Waals surface area (Å²) < 4.78 is 1.09. The number of aliphatic hydroxyl groups excluding tert-OH is 1. The third-order valence-electron chi connectivity index (χ3n) is 12.1. The molecule has 2 heterocycles. The number of halogens is 1. The topological polar surface area (TPSA) is 81.0 Å². The molecule has 258 valence electrons. The number of benzene rings is 3. The van der Waals surface area contributed by atoms with Crippen LogP contribution >= 0.6 is 22.9 Å². The lowest BCUT2D eigenvalue weighted by molar-refractivity contribution is -0.101. The Morgan fingerprint density at radius 3 is 2.47 bits per heavy atom. The Morgan fingerprint density at radius 1 is 0.959 bits per heavy atom. The molecule has 5 nitrogen and oxygen atoms in total. The van der Waals surface area contributed by atoms with Gasteiger partial charge >= 0.3 is 0 Å². The van der Waals surface area contributed by atoms with E-state index in [1.807, 2.05) is 48.5 Å². The molecule has 0 unspecified atom stereocenters. The van der Waals surface area contributed by atoms with Gasteiger partial charge in [0.2, 0.25) is 5.78 Å². The van der Waals surface area contributed by atoms with Gasteiger partial charge in [-0.05, 0) is 123 Å². The highest BCUT2D eigenvalue weighted by Crippen LogP contribution is 2.59. The van der Waals surface area contributed by atoms with Gasteiger partial charge < -0.3 is 20.2 Å². The van der Waals surface area contributed by atoms with Crippen LogP contribution in [-0.2, 0) is 12.0 Å². The van der Waals surface area contributed by atoms with Gasteiger partial charge in [0.25, 0.3) is 0 Å². The summed E-state index contributed by atoms with van der Waals surface area (Å²) in [6.45, 7) is 6.30. The molecule has 0 spiro atoms. The summed E-state index contributed by atoms with van der Waals surface area (Å²) in [5, 5.41) is 37.1. The van der Waals surface area contributed by atoms with Crippen molar-refractivity contribution in [3.63, 3.8) is 0 Å². The average Bonchev–Trinajstić information content (AvgIpc) is 3.63. The molecule has 4 aliphatic rings. The molecule has 1 saturated carbocycles. The van der Waals surface area contributed by atoms with E-state index >= 15 is 0 Å². The van der Waals surface area contributed by atoms with Crippen LogP contribution in [-0.4, -0.2) is 57.3 Å². The zero-order valence-electron chi connectivity index (χ0n) is 28.6. The van der Waals surface area contributed by atoms with Gasteiger partial charge in [0, 0.05) is 40.3 Å². The molecule has 49 heavy (non-hydrogen) atoms. The van der Waals surface area contributed by atoms with Crippen molar-refractivity contribution in [1.29, 1.82) is 0 Å². The summed E-state index contributed by atoms with van der Waals surface area (Å²) in [4.78, 5) is 17.5. The molecule has 1 aliphatic heterocycles. The highest BCUT2D eigenvalue weighted by molar-refractivity contribution is 7.21. The average molecular weight is 698 g/mol. The zero-order chi connectivity index (χ0) is 34.4. The third-order valence-corrected chi connectivity index (χ3v) is 13.5. The number of fused-ring (bicyclic) bond motifs is 9. The van der Waals surface area contributed by atoms with Gasteiger partial charge in [-0.2, -0.15) is 0 Å². The summed E-state index contributed by atoms with van der Waals surface area (Å²) in [7, 11) is 0. The Kier molecular flexibility index (Phi) is 9.68. The molecule has 2 fully saturated rings. The second kappa shape index (κ2) is 13.7. The Bertz CT molecular complexity index is 1820. The van der Waals surface area contributed by atoms with E-state index in [1.54, 1.807) is 0 Å². The van der Waals surface area contributed by atoms with Crippen LogP contribution < -0.4 is 0 Å². The smallest absolute Gasteiger partial charge is 0.203 e. The summed E-state index contributed by atoms with van der Waals surface area (Å²) >= 11 is 7.65. The molecule has 3 aromatic carbocycles. The van der Waals surface area contributed by atoms with Gasteiger partial charge in [0.05, 0.1) is 22.2 Å². The quantitative estimate of drug-likeness (QED) is 0.144. The normalized spacial score (nSPS) is 27.8. The summed E-state index contributed by atoms with van der Waals surface area (Å²) in [6.07, 6.45) is 8.03. The number of piperidine rings is 1. The molecule has 3 aliphatic carbocycles. The number of allylic oxidation sites excluding steroid dienone is 2. The van der Waals surface area contributed by atoms with E-state index in [0.29, 0.717) is 62.3 Å². The molecule has 4 aromatic rings. The van der Waals surface area contributed by atoms with Gasteiger partial charge in [0.15, 0.2) is 0 Å². The fourth-order valence-electron chi connectivity index (χ4n) is 8.92. The van der Waals surface area contributed by atoms with Crippen LogP contribution in [0.4, 0.5) is 0 Å². The second-order valence-corrected chi connectivity index (χ2v) is 16.8. The Balaban J connectivity index is 1.22. The number of hydrogen-bond acceptors (Lipinski definition) is 6. The maximum atomic E-state index is 14.5. The second-order valence-electron chi connectivity index (χ2n) is 15.2. The Hall–Kier alpha value is -2.84. The van der Waals surface area contributed by atoms with Crippen molar-refractivity contribution in [3.8, 4) is 0 Å². The number of ketones is 1. The van der Waals surface area contributed by atoms with Gasteiger partial charge in [-0.3, -0.25) is 4.79 Å². The first-order valence-corrected chi connectivity index (χ1v) is 19.1. The number of thiophene rings is 1. The van der Waals surface area contributed by atoms with Crippen molar-refractivity contribution < 1.29 is 20.1 Å². The van der Waals surface area contributed by atoms with Gasteiger partial charge in [0.1, 0.15) is 0 Å². The minimum absolute atomic E-state index is 0.0164. The number of hydrogen-bond donors (Lipinski definition) is 3. The first-order chi connectivity index (χ1) is 23.5. The minimum Gasteiger partial charge on any atom is -0.393 e. The Labute approximate surface area is 299 Å². The molecule has 0 amide bonds. The van der Waals surface area contributed by atoms with Crippen LogP contribution in [0.25, 0.3) is 10.1 Å². The number of nitrogens with zero attached hydrogens (tertiary/aromatic N) is 1. The predicted molar refractivity (Wildman–Crippen MR) is 200 cm³/mol. The van der Waals surface area contributed by atoms with Crippen LogP contribution in [0.2, 0.25) is 5.02 Å². The van der Waals surface area contributed by atoms with Crippen molar-refractivity contribution in [2.75, 3.05) is 19.6 Å².